The Balaban J connectivity index is 1.41. The molecule has 43 heteroatoms. The van der Waals surface area contributed by atoms with E-state index in [2.05, 4.69) is 63.5 Å². The molecule has 0 saturated carbocycles. The lowest BCUT2D eigenvalue weighted by Gasteiger charge is -2.34. The molecule has 15 amide bonds. The van der Waals surface area contributed by atoms with Crippen LogP contribution >= 0.6 is 23.5 Å². The molecular formula is C69H115N19O22S2. The van der Waals surface area contributed by atoms with E-state index in [1.807, 2.05) is 0 Å². The Labute approximate surface area is 657 Å². The van der Waals surface area contributed by atoms with Crippen molar-refractivity contribution >= 4 is 130 Å². The van der Waals surface area contributed by atoms with E-state index in [1.54, 1.807) is 47.8 Å². The molecule has 22 N–H and O–H groups in total. The van der Waals surface area contributed by atoms with Gasteiger partial charge < -0.3 is 121 Å². The molecule has 4 aliphatic rings. The zero-order chi connectivity index (χ0) is 84.1. The Morgan fingerprint density at radius 2 is 0.857 bits per heavy atom. The molecule has 0 aromatic rings. The van der Waals surface area contributed by atoms with Gasteiger partial charge in [0.05, 0.1) is 37.7 Å². The van der Waals surface area contributed by atoms with Crippen LogP contribution in [0.2, 0.25) is 0 Å². The first-order valence-electron chi connectivity index (χ1n) is 37.4. The quantitative estimate of drug-likeness (QED) is 0.0117. The topological polar surface area (TPSA) is 627 Å². The summed E-state index contributed by atoms with van der Waals surface area (Å²) in [5.41, 5.74) is 16.8. The normalized spacial score (nSPS) is 20.0. The highest BCUT2D eigenvalue weighted by Gasteiger charge is 2.47. The summed E-state index contributed by atoms with van der Waals surface area (Å²) in [5, 5.41) is 78.7. The van der Waals surface area contributed by atoms with E-state index in [-0.39, 0.29) is 114 Å². The second-order valence-electron chi connectivity index (χ2n) is 29.1. The standard InChI is InChI=1S/C69H115N19O22S2/c1-33(2)50(62(103)77-41(68(109)110)21-27-111-10)81-58(99)47-19-14-25-87(47)66(107)52(35(5)6)83-60(101)48-20-15-26-88(48)67(108)51(34(3)4)82-59(100)45-17-12-23-85(45)65(106)44(30-90)80-63(104)53(37(8)91)84-61(102)46-18-13-24-86(46)64(105)43(29-89)79-56(97)40(16-11-22-73-69(71)72)76-54(95)36(7)75-57(98)42(28-49(93)94)78-55(96)39(70)31-112-32-74-38(9)92/h33-37,39-48,50-53,89-91H,11-32,70H2,1-10H3,(H,74,92)(H,75,98)(H,76,95)(H,77,103)(H,78,96)(H,79,97)(H,80,104)(H,81,99)(H,82,100)(H,83,101)(H,84,102)(H,93,94)(H,109,110)(H4,71,72,73). The molecule has 630 valence electrons. The number of carbonyl (C=O) groups excluding carboxylic acids is 15. The van der Waals surface area contributed by atoms with E-state index >= 15 is 0 Å². The number of nitrogens with zero attached hydrogens (tertiary/aromatic N) is 5. The Hall–Kier alpha value is -9.20. The lowest BCUT2D eigenvalue weighted by molar-refractivity contribution is -0.147. The molecule has 16 unspecified atom stereocenters. The molecule has 0 spiro atoms. The smallest absolute Gasteiger partial charge is 0.326 e. The third-order valence-electron chi connectivity index (χ3n) is 19.3. The highest BCUT2D eigenvalue weighted by molar-refractivity contribution is 7.99. The van der Waals surface area contributed by atoms with E-state index in [0.29, 0.717) is 18.6 Å². The van der Waals surface area contributed by atoms with Crippen molar-refractivity contribution in [1.82, 2.24) is 78.1 Å². The lowest BCUT2D eigenvalue weighted by Crippen LogP contribution is -2.62. The maximum Gasteiger partial charge on any atom is 0.326 e. The number of hydrogen-bond donors (Lipinski definition) is 19. The predicted molar refractivity (Wildman–Crippen MR) is 406 cm³/mol. The van der Waals surface area contributed by atoms with Gasteiger partial charge >= 0.3 is 11.9 Å². The summed E-state index contributed by atoms with van der Waals surface area (Å²) in [6.45, 7) is 11.5. The SMILES string of the molecule is CSCCC(NC(=O)C(NC(=O)C1CCCN1C(=O)C(NC(=O)C1CCCN1C(=O)C(NC(=O)C1CCCN1C(=O)C(CO)NC(=O)C(NC(=O)C1CCCN1C(=O)C(CO)NC(=O)C(CCCN=C(N)N)NC(=O)C(C)NC(=O)C(CC(=O)O)NC(=O)C(N)CSCNC(C)=O)C(C)O)C(C)C)C(C)C)C(C)C)C(=O)O. The van der Waals surface area contributed by atoms with Gasteiger partial charge in [0.1, 0.15) is 84.6 Å². The minimum absolute atomic E-state index is 0.0195. The van der Waals surface area contributed by atoms with Gasteiger partial charge in [-0.25, -0.2) is 4.79 Å². The number of amides is 15. The summed E-state index contributed by atoms with van der Waals surface area (Å²) in [7, 11) is 0. The molecule has 41 nitrogen and oxygen atoms in total. The van der Waals surface area contributed by atoms with Gasteiger partial charge in [-0.05, 0) is 114 Å². The van der Waals surface area contributed by atoms with Crippen molar-refractivity contribution in [3.63, 3.8) is 0 Å². The number of carboxylic acid groups (broad SMARTS) is 2. The molecule has 0 radical (unpaired) electrons. The maximum atomic E-state index is 14.6. The Morgan fingerprint density at radius 1 is 0.473 bits per heavy atom. The molecule has 4 heterocycles. The number of likely N-dealkylation sites (tertiary alicyclic amines) is 4. The van der Waals surface area contributed by atoms with Gasteiger partial charge in [-0.15, -0.1) is 11.8 Å². The molecule has 0 aromatic heterocycles. The fourth-order valence-electron chi connectivity index (χ4n) is 13.1. The molecule has 0 aromatic carbocycles. The van der Waals surface area contributed by atoms with Crippen LogP contribution in [0, 0.1) is 17.8 Å². The average Bonchev–Trinajstić information content (AvgIpc) is 1.61. The fourth-order valence-corrected chi connectivity index (χ4v) is 14.4. The maximum absolute atomic E-state index is 14.6. The number of carboxylic acids is 2. The Bertz CT molecular complexity index is 3390. The van der Waals surface area contributed by atoms with Crippen LogP contribution in [-0.4, -0.2) is 318 Å². The van der Waals surface area contributed by atoms with Gasteiger partial charge in [0, 0.05) is 45.4 Å². The van der Waals surface area contributed by atoms with Crippen molar-refractivity contribution < 1.29 is 107 Å². The van der Waals surface area contributed by atoms with Gasteiger partial charge in [0.25, 0.3) is 0 Å². The second-order valence-corrected chi connectivity index (χ2v) is 31.1. The first kappa shape index (κ1) is 95.2. The van der Waals surface area contributed by atoms with Crippen molar-refractivity contribution in [3.05, 3.63) is 0 Å². The van der Waals surface area contributed by atoms with Crippen LogP contribution < -0.4 is 75.7 Å². The first-order valence-corrected chi connectivity index (χ1v) is 40.0. The largest absolute Gasteiger partial charge is 0.481 e. The molecule has 4 fully saturated rings. The fraction of sp³-hybridized carbons (Fsp3) is 0.739. The molecule has 0 aliphatic carbocycles. The number of hydrogen-bond acceptors (Lipinski definition) is 24. The van der Waals surface area contributed by atoms with Crippen LogP contribution in [0.25, 0.3) is 0 Å². The van der Waals surface area contributed by atoms with Gasteiger partial charge in [-0.2, -0.15) is 11.8 Å². The van der Waals surface area contributed by atoms with E-state index < -0.39 is 229 Å². The second kappa shape index (κ2) is 46.1. The summed E-state index contributed by atoms with van der Waals surface area (Å²) in [6, 6.07) is -21.1. The Kier molecular flexibility index (Phi) is 39.2. The van der Waals surface area contributed by atoms with Crippen LogP contribution in [0.15, 0.2) is 4.99 Å². The van der Waals surface area contributed by atoms with E-state index in [4.69, 9.17) is 17.2 Å². The van der Waals surface area contributed by atoms with E-state index in [1.165, 1.54) is 35.4 Å². The van der Waals surface area contributed by atoms with Crippen LogP contribution in [0.1, 0.15) is 139 Å². The van der Waals surface area contributed by atoms with E-state index in [9.17, 15) is 107 Å². The van der Waals surface area contributed by atoms with Crippen LogP contribution in [0.3, 0.4) is 0 Å². The lowest BCUT2D eigenvalue weighted by atomic mass is 9.99. The van der Waals surface area contributed by atoms with Crippen molar-refractivity contribution in [2.45, 2.75) is 236 Å². The number of aliphatic imine (C=N–C) groups is 1. The van der Waals surface area contributed by atoms with Gasteiger partial charge in [-0.1, -0.05) is 41.5 Å². The minimum Gasteiger partial charge on any atom is -0.481 e. The van der Waals surface area contributed by atoms with Gasteiger partial charge in [0.2, 0.25) is 88.6 Å². The zero-order valence-electron chi connectivity index (χ0n) is 65.0. The molecule has 112 heavy (non-hydrogen) atoms. The third-order valence-corrected chi connectivity index (χ3v) is 20.9. The van der Waals surface area contributed by atoms with Gasteiger partial charge in [-0.3, -0.25) is 81.7 Å². The monoisotopic (exact) mass is 1630 g/mol. The number of aliphatic carboxylic acids is 2. The highest BCUT2D eigenvalue weighted by Crippen LogP contribution is 2.27. The molecule has 16 atom stereocenters. The molecular weight excluding hydrogens is 1510 g/mol. The molecule has 4 rings (SSSR count). The number of thioether (sulfide) groups is 2. The highest BCUT2D eigenvalue weighted by atomic mass is 32.2. The van der Waals surface area contributed by atoms with Crippen LogP contribution in [0.5, 0.6) is 0 Å². The van der Waals surface area contributed by atoms with Crippen molar-refractivity contribution in [1.29, 1.82) is 0 Å². The number of nitrogens with two attached hydrogens (primary N) is 3. The van der Waals surface area contributed by atoms with Gasteiger partial charge in [0.15, 0.2) is 5.96 Å². The summed E-state index contributed by atoms with van der Waals surface area (Å²) >= 11 is 2.48. The Morgan fingerprint density at radius 3 is 1.25 bits per heavy atom. The zero-order valence-corrected chi connectivity index (χ0v) is 66.6. The summed E-state index contributed by atoms with van der Waals surface area (Å²) in [4.78, 5) is 239. The number of guanidine groups is 1. The number of aliphatic hydroxyl groups is 3. The van der Waals surface area contributed by atoms with Crippen molar-refractivity contribution in [2.24, 2.45) is 39.9 Å². The first-order chi connectivity index (χ1) is 52.7. The predicted octanol–water partition coefficient (Wildman–Crippen LogP) is -7.33. The van der Waals surface area contributed by atoms with Crippen molar-refractivity contribution in [2.75, 3.05) is 69.6 Å². The number of aliphatic hydroxyl groups excluding tert-OH is 3. The molecule has 4 saturated heterocycles. The third kappa shape index (κ3) is 28.2. The number of rotatable bonds is 44. The number of carbonyl (C=O) groups is 17. The summed E-state index contributed by atoms with van der Waals surface area (Å²) < 4.78 is 0. The van der Waals surface area contributed by atoms with Crippen LogP contribution in [-0.2, 0) is 81.5 Å². The molecule has 0 bridgehead atoms. The van der Waals surface area contributed by atoms with Crippen LogP contribution in [0.4, 0.5) is 0 Å². The minimum atomic E-state index is -1.87. The summed E-state index contributed by atoms with van der Waals surface area (Å²) in [6.07, 6.45) is 0.714. The van der Waals surface area contributed by atoms with E-state index in [0.717, 1.165) is 28.5 Å². The molecule has 4 aliphatic heterocycles. The van der Waals surface area contributed by atoms with Crippen molar-refractivity contribution in [3.8, 4) is 0 Å². The number of nitrogens with one attached hydrogen (secondary N) is 11. The average molecular weight is 1630 g/mol. The summed E-state index contributed by atoms with van der Waals surface area (Å²) in [5.74, 6) is -16.8.